The average molecular weight is 348 g/mol. The Kier molecular flexibility index (Phi) is 4.98. The van der Waals surface area contributed by atoms with Crippen molar-refractivity contribution in [2.75, 3.05) is 39.4 Å². The number of carbonyl (C=O) groups is 1. The Morgan fingerprint density at radius 2 is 2.08 bits per heavy atom. The highest BCUT2D eigenvalue weighted by Crippen LogP contribution is 2.41. The average Bonchev–Trinajstić information content (AvgIpc) is 3.29. The molecule has 4 rings (SSSR count). The number of likely N-dealkylation sites (tertiary alicyclic amines) is 2. The van der Waals surface area contributed by atoms with Crippen molar-refractivity contribution < 1.29 is 9.53 Å². The van der Waals surface area contributed by atoms with Crippen LogP contribution in [0.25, 0.3) is 0 Å². The summed E-state index contributed by atoms with van der Waals surface area (Å²) in [5, 5.41) is 11.2. The van der Waals surface area contributed by atoms with E-state index in [1.807, 2.05) is 0 Å². The molecule has 1 spiro atoms. The first-order chi connectivity index (χ1) is 12.3. The van der Waals surface area contributed by atoms with Crippen LogP contribution in [0, 0.1) is 5.41 Å². The smallest absolute Gasteiger partial charge is 0.230 e. The van der Waals surface area contributed by atoms with Gasteiger partial charge in [-0.3, -0.25) is 4.79 Å². The van der Waals surface area contributed by atoms with Crippen molar-refractivity contribution in [2.45, 2.75) is 51.1 Å². The lowest BCUT2D eigenvalue weighted by atomic mass is 9.77. The predicted octanol–water partition coefficient (Wildman–Crippen LogP) is 0.557. The number of aromatic nitrogens is 4. The van der Waals surface area contributed by atoms with E-state index in [1.54, 1.807) is 11.0 Å². The quantitative estimate of drug-likeness (QED) is 0.774. The molecular weight excluding hydrogens is 320 g/mol. The highest BCUT2D eigenvalue weighted by Gasteiger charge is 2.49. The summed E-state index contributed by atoms with van der Waals surface area (Å²) in [5.74, 6) is 0.411. The largest absolute Gasteiger partial charge is 0.381 e. The van der Waals surface area contributed by atoms with Crippen molar-refractivity contribution in [1.29, 1.82) is 0 Å². The number of carbonyl (C=O) groups excluding carboxylic acids is 1. The summed E-state index contributed by atoms with van der Waals surface area (Å²) >= 11 is 0. The molecular formula is C17H28N6O2. The topological polar surface area (TPSA) is 76.4 Å². The molecule has 3 fully saturated rings. The number of rotatable bonds is 5. The van der Waals surface area contributed by atoms with E-state index >= 15 is 0 Å². The van der Waals surface area contributed by atoms with Crippen LogP contribution in [0.3, 0.4) is 0 Å². The summed E-state index contributed by atoms with van der Waals surface area (Å²) in [6, 6.07) is 0.396. The number of aryl methyl sites for hydroxylation is 1. The first-order valence-electron chi connectivity index (χ1n) is 9.59. The number of amides is 1. The number of hydrogen-bond acceptors (Lipinski definition) is 6. The summed E-state index contributed by atoms with van der Waals surface area (Å²) in [6.07, 6.45) is 7.86. The van der Waals surface area contributed by atoms with Crippen LogP contribution in [0.15, 0.2) is 6.33 Å². The van der Waals surface area contributed by atoms with Crippen LogP contribution < -0.4 is 0 Å². The first kappa shape index (κ1) is 16.9. The molecule has 8 nitrogen and oxygen atoms in total. The van der Waals surface area contributed by atoms with E-state index in [0.29, 0.717) is 11.9 Å². The van der Waals surface area contributed by atoms with Crippen molar-refractivity contribution in [3.8, 4) is 0 Å². The van der Waals surface area contributed by atoms with Crippen LogP contribution in [0.1, 0.15) is 38.5 Å². The normalized spacial score (nSPS) is 29.0. The number of ether oxygens (including phenoxy) is 1. The van der Waals surface area contributed by atoms with Crippen LogP contribution >= 0.6 is 0 Å². The molecule has 4 heterocycles. The van der Waals surface area contributed by atoms with Crippen LogP contribution in [0.2, 0.25) is 0 Å². The molecule has 0 N–H and O–H groups in total. The third kappa shape index (κ3) is 3.55. The highest BCUT2D eigenvalue weighted by atomic mass is 16.5. The molecule has 1 atom stereocenters. The van der Waals surface area contributed by atoms with Gasteiger partial charge < -0.3 is 14.5 Å². The summed E-state index contributed by atoms with van der Waals surface area (Å²) in [5.41, 5.74) is -0.134. The van der Waals surface area contributed by atoms with E-state index in [9.17, 15) is 4.79 Å². The molecule has 138 valence electrons. The van der Waals surface area contributed by atoms with Crippen LogP contribution in [0.5, 0.6) is 0 Å². The zero-order chi connectivity index (χ0) is 17.1. The van der Waals surface area contributed by atoms with Crippen molar-refractivity contribution in [2.24, 2.45) is 5.41 Å². The fourth-order valence-corrected chi connectivity index (χ4v) is 4.71. The minimum atomic E-state index is -0.134. The molecule has 3 saturated heterocycles. The molecule has 0 aromatic carbocycles. The molecule has 1 amide bonds. The van der Waals surface area contributed by atoms with Gasteiger partial charge in [0.2, 0.25) is 5.91 Å². The van der Waals surface area contributed by atoms with Gasteiger partial charge >= 0.3 is 0 Å². The molecule has 25 heavy (non-hydrogen) atoms. The van der Waals surface area contributed by atoms with Gasteiger partial charge in [0.15, 0.2) is 0 Å². The minimum Gasteiger partial charge on any atom is -0.381 e. The number of tetrazole rings is 1. The van der Waals surface area contributed by atoms with E-state index < -0.39 is 0 Å². The molecule has 8 heteroatoms. The van der Waals surface area contributed by atoms with E-state index in [-0.39, 0.29) is 5.41 Å². The summed E-state index contributed by atoms with van der Waals surface area (Å²) in [7, 11) is 0. The second-order valence-electron chi connectivity index (χ2n) is 7.68. The molecule has 3 aliphatic heterocycles. The van der Waals surface area contributed by atoms with Gasteiger partial charge in [-0.05, 0) is 62.0 Å². The maximum absolute atomic E-state index is 13.3. The second kappa shape index (κ2) is 7.37. The minimum absolute atomic E-state index is 0.134. The van der Waals surface area contributed by atoms with Crippen LogP contribution in [-0.2, 0) is 16.1 Å². The van der Waals surface area contributed by atoms with Gasteiger partial charge in [0.05, 0.1) is 5.41 Å². The lowest BCUT2D eigenvalue weighted by Crippen LogP contribution is -2.54. The van der Waals surface area contributed by atoms with E-state index in [1.165, 1.54) is 0 Å². The zero-order valence-electron chi connectivity index (χ0n) is 14.8. The Labute approximate surface area is 148 Å². The van der Waals surface area contributed by atoms with Crippen LogP contribution in [-0.4, -0.2) is 81.3 Å². The molecule has 0 saturated carbocycles. The highest BCUT2D eigenvalue weighted by molar-refractivity contribution is 5.84. The molecule has 0 bridgehead atoms. The summed E-state index contributed by atoms with van der Waals surface area (Å²) in [4.78, 5) is 17.9. The molecule has 1 aromatic heterocycles. The molecule has 1 aromatic rings. The Morgan fingerprint density at radius 1 is 1.20 bits per heavy atom. The van der Waals surface area contributed by atoms with E-state index in [2.05, 4.69) is 25.3 Å². The standard InChI is InChI=1S/C17H28N6O2/c24-16-17(5-1-9-23(16)15-3-11-25-12-4-15)6-10-21(13-17)7-2-8-22-14-18-19-20-22/h14-15H,1-13H2. The predicted molar refractivity (Wildman–Crippen MR) is 90.7 cm³/mol. The Morgan fingerprint density at radius 3 is 2.88 bits per heavy atom. The first-order valence-corrected chi connectivity index (χ1v) is 9.59. The van der Waals surface area contributed by atoms with Gasteiger partial charge in [-0.1, -0.05) is 0 Å². The van der Waals surface area contributed by atoms with Crippen molar-refractivity contribution in [3.63, 3.8) is 0 Å². The number of hydrogen-bond donors (Lipinski definition) is 0. The molecule has 3 aliphatic rings. The maximum atomic E-state index is 13.3. The van der Waals surface area contributed by atoms with Gasteiger partial charge in [0.1, 0.15) is 6.33 Å². The molecule has 1 unspecified atom stereocenters. The molecule has 0 radical (unpaired) electrons. The lowest BCUT2D eigenvalue weighted by molar-refractivity contribution is -0.150. The monoisotopic (exact) mass is 348 g/mol. The summed E-state index contributed by atoms with van der Waals surface area (Å²) < 4.78 is 7.24. The van der Waals surface area contributed by atoms with Crippen molar-refractivity contribution in [3.05, 3.63) is 6.33 Å². The van der Waals surface area contributed by atoms with Gasteiger partial charge in [-0.25, -0.2) is 4.68 Å². The molecule has 0 aliphatic carbocycles. The fourth-order valence-electron chi connectivity index (χ4n) is 4.71. The fraction of sp³-hybridized carbons (Fsp3) is 0.882. The zero-order valence-corrected chi connectivity index (χ0v) is 14.8. The van der Waals surface area contributed by atoms with Gasteiger partial charge in [0, 0.05) is 38.9 Å². The third-order valence-electron chi connectivity index (χ3n) is 6.09. The van der Waals surface area contributed by atoms with E-state index in [0.717, 1.165) is 84.5 Å². The number of piperidine rings is 1. The Hall–Kier alpha value is -1.54. The third-order valence-corrected chi connectivity index (χ3v) is 6.09. The maximum Gasteiger partial charge on any atom is 0.230 e. The van der Waals surface area contributed by atoms with Gasteiger partial charge in [-0.2, -0.15) is 0 Å². The van der Waals surface area contributed by atoms with Crippen molar-refractivity contribution in [1.82, 2.24) is 30.0 Å². The van der Waals surface area contributed by atoms with Crippen LogP contribution in [0.4, 0.5) is 0 Å². The van der Waals surface area contributed by atoms with Crippen molar-refractivity contribution >= 4 is 5.91 Å². The van der Waals surface area contributed by atoms with E-state index in [4.69, 9.17) is 4.74 Å². The second-order valence-corrected chi connectivity index (χ2v) is 7.68. The Balaban J connectivity index is 1.32. The number of nitrogens with zero attached hydrogens (tertiary/aromatic N) is 6. The lowest BCUT2D eigenvalue weighted by Gasteiger charge is -2.44. The summed E-state index contributed by atoms with van der Waals surface area (Å²) in [6.45, 7) is 6.31. The van der Waals surface area contributed by atoms with Gasteiger partial charge in [0.25, 0.3) is 0 Å². The van der Waals surface area contributed by atoms with Gasteiger partial charge in [-0.15, -0.1) is 5.10 Å². The SMILES string of the molecule is O=C1N(C2CCOCC2)CCCC12CCN(CCCn1cnnn1)C2. The Bertz CT molecular complexity index is 574.